The molecule has 0 bridgehead atoms. The highest BCUT2D eigenvalue weighted by Crippen LogP contribution is 2.20. The molecule has 1 aromatic carbocycles. The highest BCUT2D eigenvalue weighted by atomic mass is 16.5. The van der Waals surface area contributed by atoms with Crippen molar-refractivity contribution >= 4 is 11.7 Å². The second-order valence-electron chi connectivity index (χ2n) is 3.80. The number of nitrogens with two attached hydrogens (primary N) is 1. The first-order valence-electron chi connectivity index (χ1n) is 5.69. The van der Waals surface area contributed by atoms with Crippen LogP contribution in [0.1, 0.15) is 17.3 Å². The number of aromatic nitrogens is 1. The molecular formula is C14H14N2O2. The van der Waals surface area contributed by atoms with Gasteiger partial charge < -0.3 is 10.5 Å². The molecule has 2 rings (SSSR count). The Morgan fingerprint density at radius 2 is 1.94 bits per heavy atom. The van der Waals surface area contributed by atoms with Crippen LogP contribution >= 0.6 is 0 Å². The summed E-state index contributed by atoms with van der Waals surface area (Å²) in [6.45, 7) is 2.13. The van der Waals surface area contributed by atoms with E-state index < -0.39 is 0 Å². The molecule has 1 heterocycles. The quantitative estimate of drug-likeness (QED) is 0.663. The van der Waals surface area contributed by atoms with Crippen LogP contribution in [0.2, 0.25) is 0 Å². The summed E-state index contributed by atoms with van der Waals surface area (Å²) >= 11 is 0. The number of anilines is 1. The fourth-order valence-corrected chi connectivity index (χ4v) is 1.60. The molecular weight excluding hydrogens is 228 g/mol. The van der Waals surface area contributed by atoms with Gasteiger partial charge in [0, 0.05) is 23.6 Å². The Balaban J connectivity index is 2.32. The topological polar surface area (TPSA) is 65.2 Å². The van der Waals surface area contributed by atoms with E-state index in [0.29, 0.717) is 17.9 Å². The minimum atomic E-state index is -0.359. The molecule has 0 radical (unpaired) electrons. The molecule has 92 valence electrons. The Hall–Kier alpha value is -2.36. The minimum absolute atomic E-state index is 0.352. The van der Waals surface area contributed by atoms with Crippen molar-refractivity contribution in [2.75, 3.05) is 12.3 Å². The number of carbonyl (C=O) groups excluding carboxylic acids is 1. The summed E-state index contributed by atoms with van der Waals surface area (Å²) in [5.74, 6) is -0.359. The average molecular weight is 242 g/mol. The van der Waals surface area contributed by atoms with Gasteiger partial charge in [-0.25, -0.2) is 4.79 Å². The zero-order chi connectivity index (χ0) is 13.0. The summed E-state index contributed by atoms with van der Waals surface area (Å²) in [5.41, 5.74) is 8.61. The zero-order valence-corrected chi connectivity index (χ0v) is 10.1. The Bertz CT molecular complexity index is 550. The number of esters is 1. The number of hydrogen-bond donors (Lipinski definition) is 1. The Labute approximate surface area is 105 Å². The van der Waals surface area contributed by atoms with E-state index in [0.717, 1.165) is 11.1 Å². The van der Waals surface area contributed by atoms with Crippen molar-refractivity contribution in [3.8, 4) is 11.1 Å². The molecule has 2 aromatic rings. The summed E-state index contributed by atoms with van der Waals surface area (Å²) in [4.78, 5) is 15.7. The van der Waals surface area contributed by atoms with Crippen LogP contribution in [-0.2, 0) is 4.74 Å². The highest BCUT2D eigenvalue weighted by Gasteiger charge is 2.08. The number of carbonyl (C=O) groups is 1. The third-order valence-corrected chi connectivity index (χ3v) is 2.49. The van der Waals surface area contributed by atoms with E-state index in [4.69, 9.17) is 10.5 Å². The van der Waals surface area contributed by atoms with Crippen molar-refractivity contribution in [3.63, 3.8) is 0 Å². The van der Waals surface area contributed by atoms with Crippen molar-refractivity contribution in [1.29, 1.82) is 0 Å². The van der Waals surface area contributed by atoms with Gasteiger partial charge in [0.05, 0.1) is 12.2 Å². The second-order valence-corrected chi connectivity index (χ2v) is 3.80. The molecule has 4 heteroatoms. The van der Waals surface area contributed by atoms with Gasteiger partial charge in [-0.1, -0.05) is 12.1 Å². The predicted molar refractivity (Wildman–Crippen MR) is 70.0 cm³/mol. The lowest BCUT2D eigenvalue weighted by Gasteiger charge is -2.05. The van der Waals surface area contributed by atoms with Crippen molar-refractivity contribution in [3.05, 3.63) is 48.3 Å². The standard InChI is InChI=1S/C14H14N2O2/c1-2-18-14(17)12-7-11(8-16-9-12)10-3-5-13(15)6-4-10/h3-9H,2,15H2,1H3. The van der Waals surface area contributed by atoms with E-state index in [1.165, 1.54) is 6.20 Å². The zero-order valence-electron chi connectivity index (χ0n) is 10.1. The molecule has 0 unspecified atom stereocenters. The summed E-state index contributed by atoms with van der Waals surface area (Å²) in [5, 5.41) is 0. The van der Waals surface area contributed by atoms with E-state index in [-0.39, 0.29) is 5.97 Å². The van der Waals surface area contributed by atoms with E-state index in [1.54, 1.807) is 19.2 Å². The van der Waals surface area contributed by atoms with Crippen LogP contribution in [0, 0.1) is 0 Å². The summed E-state index contributed by atoms with van der Waals surface area (Å²) < 4.78 is 4.94. The number of rotatable bonds is 3. The minimum Gasteiger partial charge on any atom is -0.462 e. The summed E-state index contributed by atoms with van der Waals surface area (Å²) in [7, 11) is 0. The van der Waals surface area contributed by atoms with Gasteiger partial charge in [0.2, 0.25) is 0 Å². The molecule has 0 amide bonds. The molecule has 0 fully saturated rings. The average Bonchev–Trinajstić information content (AvgIpc) is 2.40. The first-order valence-corrected chi connectivity index (χ1v) is 5.69. The molecule has 0 aliphatic rings. The molecule has 4 nitrogen and oxygen atoms in total. The Kier molecular flexibility index (Phi) is 3.57. The van der Waals surface area contributed by atoms with Crippen LogP contribution in [0.4, 0.5) is 5.69 Å². The molecule has 1 aromatic heterocycles. The van der Waals surface area contributed by atoms with Crippen LogP contribution in [0.5, 0.6) is 0 Å². The fraction of sp³-hybridized carbons (Fsp3) is 0.143. The van der Waals surface area contributed by atoms with Gasteiger partial charge in [-0.2, -0.15) is 0 Å². The largest absolute Gasteiger partial charge is 0.462 e. The molecule has 0 spiro atoms. The normalized spacial score (nSPS) is 10.1. The van der Waals surface area contributed by atoms with Gasteiger partial charge in [0.1, 0.15) is 0 Å². The Morgan fingerprint density at radius 3 is 2.61 bits per heavy atom. The lowest BCUT2D eigenvalue weighted by molar-refractivity contribution is 0.0526. The lowest BCUT2D eigenvalue weighted by atomic mass is 10.1. The van der Waals surface area contributed by atoms with E-state index in [9.17, 15) is 4.79 Å². The van der Waals surface area contributed by atoms with Gasteiger partial charge in [0.15, 0.2) is 0 Å². The fourth-order valence-electron chi connectivity index (χ4n) is 1.60. The number of hydrogen-bond acceptors (Lipinski definition) is 4. The van der Waals surface area contributed by atoms with Crippen molar-refractivity contribution < 1.29 is 9.53 Å². The molecule has 0 aliphatic heterocycles. The van der Waals surface area contributed by atoms with E-state index in [1.807, 2.05) is 24.3 Å². The number of nitrogens with zero attached hydrogens (tertiary/aromatic N) is 1. The molecule has 0 saturated carbocycles. The number of nitrogen functional groups attached to an aromatic ring is 1. The Morgan fingerprint density at radius 1 is 1.22 bits per heavy atom. The van der Waals surface area contributed by atoms with Gasteiger partial charge in [-0.05, 0) is 30.7 Å². The van der Waals surface area contributed by atoms with Crippen molar-refractivity contribution in [2.24, 2.45) is 0 Å². The molecule has 0 aliphatic carbocycles. The first-order chi connectivity index (χ1) is 8.70. The van der Waals surface area contributed by atoms with Crippen LogP contribution in [-0.4, -0.2) is 17.6 Å². The third-order valence-electron chi connectivity index (χ3n) is 2.49. The smallest absolute Gasteiger partial charge is 0.339 e. The van der Waals surface area contributed by atoms with Crippen molar-refractivity contribution in [1.82, 2.24) is 4.98 Å². The summed E-state index contributed by atoms with van der Waals surface area (Å²) in [6.07, 6.45) is 3.20. The van der Waals surface area contributed by atoms with Crippen LogP contribution in [0.25, 0.3) is 11.1 Å². The predicted octanol–water partition coefficient (Wildman–Crippen LogP) is 2.51. The van der Waals surface area contributed by atoms with Crippen LogP contribution in [0.15, 0.2) is 42.7 Å². The summed E-state index contributed by atoms with van der Waals surface area (Å²) in [6, 6.07) is 9.16. The number of pyridine rings is 1. The van der Waals surface area contributed by atoms with Gasteiger partial charge >= 0.3 is 5.97 Å². The number of ether oxygens (including phenoxy) is 1. The molecule has 18 heavy (non-hydrogen) atoms. The maximum absolute atomic E-state index is 11.6. The van der Waals surface area contributed by atoms with E-state index in [2.05, 4.69) is 4.98 Å². The maximum Gasteiger partial charge on any atom is 0.339 e. The molecule has 0 saturated heterocycles. The SMILES string of the molecule is CCOC(=O)c1cncc(-c2ccc(N)cc2)c1. The molecule has 2 N–H and O–H groups in total. The van der Waals surface area contributed by atoms with Gasteiger partial charge in [-0.15, -0.1) is 0 Å². The number of benzene rings is 1. The molecule has 0 atom stereocenters. The third kappa shape index (κ3) is 2.66. The van der Waals surface area contributed by atoms with Gasteiger partial charge in [-0.3, -0.25) is 4.98 Å². The highest BCUT2D eigenvalue weighted by molar-refractivity contribution is 5.90. The lowest BCUT2D eigenvalue weighted by Crippen LogP contribution is -2.05. The first kappa shape index (κ1) is 12.1. The van der Waals surface area contributed by atoms with Crippen molar-refractivity contribution in [2.45, 2.75) is 6.92 Å². The van der Waals surface area contributed by atoms with Gasteiger partial charge in [0.25, 0.3) is 0 Å². The van der Waals surface area contributed by atoms with Crippen LogP contribution < -0.4 is 5.73 Å². The monoisotopic (exact) mass is 242 g/mol. The second kappa shape index (κ2) is 5.31. The van der Waals surface area contributed by atoms with E-state index >= 15 is 0 Å². The maximum atomic E-state index is 11.6. The van der Waals surface area contributed by atoms with Crippen LogP contribution in [0.3, 0.4) is 0 Å².